The van der Waals surface area contributed by atoms with Gasteiger partial charge in [0.2, 0.25) is 0 Å². The Kier molecular flexibility index (Phi) is 4.30. The number of aryl methyl sites for hydroxylation is 3. The molecule has 0 saturated heterocycles. The number of aromatic nitrogens is 2. The van der Waals surface area contributed by atoms with Crippen LogP contribution >= 0.6 is 0 Å². The second-order valence-electron chi connectivity index (χ2n) is 4.94. The minimum absolute atomic E-state index is 0.00258. The molecule has 0 fully saturated rings. The fraction of sp³-hybridized carbons (Fsp3) is 0.533. The summed E-state index contributed by atoms with van der Waals surface area (Å²) in [6.07, 6.45) is -0.671. The van der Waals surface area contributed by atoms with Crippen molar-refractivity contribution >= 4 is 11.0 Å². The molecule has 20 heavy (non-hydrogen) atoms. The van der Waals surface area contributed by atoms with Gasteiger partial charge in [-0.25, -0.2) is 4.79 Å². The zero-order chi connectivity index (χ0) is 14.9. The average molecular weight is 278 g/mol. The Morgan fingerprint density at radius 2 is 1.75 bits per heavy atom. The van der Waals surface area contributed by atoms with E-state index in [1.165, 1.54) is 0 Å². The molecule has 5 nitrogen and oxygen atoms in total. The molecule has 0 aliphatic rings. The highest BCUT2D eigenvalue weighted by Gasteiger charge is 2.16. The van der Waals surface area contributed by atoms with Gasteiger partial charge in [-0.05, 0) is 44.0 Å². The molecule has 1 atom stereocenters. The first kappa shape index (κ1) is 14.8. The zero-order valence-corrected chi connectivity index (χ0v) is 12.5. The molecular formula is C15H22N2O3. The monoisotopic (exact) mass is 278 g/mol. The second kappa shape index (κ2) is 5.81. The number of fused-ring (bicyclic) bond motifs is 1. The summed E-state index contributed by atoms with van der Waals surface area (Å²) in [5.41, 5.74) is 3.58. The maximum absolute atomic E-state index is 12.3. The van der Waals surface area contributed by atoms with Crippen molar-refractivity contribution in [1.29, 1.82) is 0 Å². The topological polar surface area (TPSA) is 56.4 Å². The molecule has 0 radical (unpaired) electrons. The molecule has 2 aromatic rings. The van der Waals surface area contributed by atoms with E-state index in [9.17, 15) is 9.90 Å². The van der Waals surface area contributed by atoms with Gasteiger partial charge in [-0.2, -0.15) is 0 Å². The van der Waals surface area contributed by atoms with Crippen molar-refractivity contribution in [3.05, 3.63) is 33.7 Å². The molecule has 2 rings (SSSR count). The average Bonchev–Trinajstić information content (AvgIpc) is 2.68. The van der Waals surface area contributed by atoms with Gasteiger partial charge in [0.05, 0.1) is 17.6 Å². The predicted molar refractivity (Wildman–Crippen MR) is 79.1 cm³/mol. The summed E-state index contributed by atoms with van der Waals surface area (Å²) in [5.74, 6) is 0. The van der Waals surface area contributed by atoms with Crippen LogP contribution in [0.5, 0.6) is 0 Å². The van der Waals surface area contributed by atoms with Crippen LogP contribution < -0.4 is 5.69 Å². The standard InChI is InChI=1S/C15H22N2O3/c1-5-16-12-7-10(3)11(14(18)9-20-4)8-13(12)17(6-2)15(16)19/h7-8,14,18H,5-6,9H2,1-4H3. The van der Waals surface area contributed by atoms with Crippen molar-refractivity contribution in [2.45, 2.75) is 40.0 Å². The summed E-state index contributed by atoms with van der Waals surface area (Å²) < 4.78 is 8.51. The number of aliphatic hydroxyl groups excluding tert-OH is 1. The van der Waals surface area contributed by atoms with Crippen molar-refractivity contribution in [1.82, 2.24) is 9.13 Å². The smallest absolute Gasteiger partial charge is 0.329 e. The summed E-state index contributed by atoms with van der Waals surface area (Å²) in [5, 5.41) is 10.1. The fourth-order valence-corrected chi connectivity index (χ4v) is 2.70. The van der Waals surface area contributed by atoms with Crippen LogP contribution in [0.25, 0.3) is 11.0 Å². The van der Waals surface area contributed by atoms with E-state index in [-0.39, 0.29) is 12.3 Å². The van der Waals surface area contributed by atoms with E-state index < -0.39 is 6.10 Å². The highest BCUT2D eigenvalue weighted by molar-refractivity contribution is 5.78. The maximum Gasteiger partial charge on any atom is 0.329 e. The van der Waals surface area contributed by atoms with Crippen LogP contribution in [0.3, 0.4) is 0 Å². The van der Waals surface area contributed by atoms with Gasteiger partial charge in [0.15, 0.2) is 0 Å². The van der Waals surface area contributed by atoms with Crippen LogP contribution in [0.4, 0.5) is 0 Å². The van der Waals surface area contributed by atoms with Crippen LogP contribution in [-0.2, 0) is 17.8 Å². The van der Waals surface area contributed by atoms with Gasteiger partial charge in [-0.3, -0.25) is 9.13 Å². The Labute approximate surface area is 118 Å². The number of imidazole rings is 1. The molecule has 1 heterocycles. The van der Waals surface area contributed by atoms with Gasteiger partial charge in [-0.15, -0.1) is 0 Å². The first-order valence-electron chi connectivity index (χ1n) is 6.95. The Hall–Kier alpha value is -1.59. The minimum atomic E-state index is -0.671. The molecule has 0 saturated carbocycles. The van der Waals surface area contributed by atoms with Gasteiger partial charge in [0.25, 0.3) is 0 Å². The van der Waals surface area contributed by atoms with E-state index in [1.807, 2.05) is 32.9 Å². The van der Waals surface area contributed by atoms with Crippen LogP contribution in [0.1, 0.15) is 31.1 Å². The zero-order valence-electron chi connectivity index (χ0n) is 12.5. The lowest BCUT2D eigenvalue weighted by Gasteiger charge is -2.14. The maximum atomic E-state index is 12.3. The lowest BCUT2D eigenvalue weighted by atomic mass is 10.0. The molecule has 1 aromatic carbocycles. The summed E-state index contributed by atoms with van der Waals surface area (Å²) in [4.78, 5) is 12.3. The number of hydrogen-bond acceptors (Lipinski definition) is 3. The molecule has 1 N–H and O–H groups in total. The number of nitrogens with zero attached hydrogens (tertiary/aromatic N) is 2. The molecule has 0 bridgehead atoms. The molecule has 0 amide bonds. The van der Waals surface area contributed by atoms with E-state index in [0.29, 0.717) is 13.1 Å². The molecule has 0 aliphatic heterocycles. The van der Waals surface area contributed by atoms with E-state index in [0.717, 1.165) is 22.2 Å². The SMILES string of the molecule is CCn1c(=O)n(CC)c2cc(C(O)COC)c(C)cc21. The van der Waals surface area contributed by atoms with E-state index in [4.69, 9.17) is 4.74 Å². The van der Waals surface area contributed by atoms with E-state index in [1.54, 1.807) is 16.2 Å². The Balaban J connectivity index is 2.72. The summed E-state index contributed by atoms with van der Waals surface area (Å²) in [6, 6.07) is 3.88. The molecule has 110 valence electrons. The third kappa shape index (κ3) is 2.27. The third-order valence-electron chi connectivity index (χ3n) is 3.72. The lowest BCUT2D eigenvalue weighted by molar-refractivity contribution is 0.0641. The Morgan fingerprint density at radius 3 is 2.25 bits per heavy atom. The van der Waals surface area contributed by atoms with E-state index >= 15 is 0 Å². The number of methoxy groups -OCH3 is 1. The number of hydrogen-bond donors (Lipinski definition) is 1. The van der Waals surface area contributed by atoms with Crippen LogP contribution in [0.2, 0.25) is 0 Å². The molecule has 0 aliphatic carbocycles. The van der Waals surface area contributed by atoms with Crippen molar-refractivity contribution in [2.75, 3.05) is 13.7 Å². The van der Waals surface area contributed by atoms with Gasteiger partial charge in [0, 0.05) is 20.2 Å². The molecule has 0 spiro atoms. The number of aliphatic hydroxyl groups is 1. The predicted octanol–water partition coefficient (Wildman–Crippen LogP) is 1.83. The molecule has 1 aromatic heterocycles. The van der Waals surface area contributed by atoms with E-state index in [2.05, 4.69) is 0 Å². The van der Waals surface area contributed by atoms with Gasteiger partial charge >= 0.3 is 5.69 Å². The van der Waals surface area contributed by atoms with Gasteiger partial charge < -0.3 is 9.84 Å². The number of ether oxygens (including phenoxy) is 1. The first-order chi connectivity index (χ1) is 9.54. The summed E-state index contributed by atoms with van der Waals surface area (Å²) >= 11 is 0. The van der Waals surface area contributed by atoms with Crippen molar-refractivity contribution < 1.29 is 9.84 Å². The highest BCUT2D eigenvalue weighted by Crippen LogP contribution is 2.24. The Bertz CT molecular complexity index is 670. The van der Waals surface area contributed by atoms with Gasteiger partial charge in [-0.1, -0.05) is 0 Å². The van der Waals surface area contributed by atoms with Crippen molar-refractivity contribution in [2.24, 2.45) is 0 Å². The van der Waals surface area contributed by atoms with Crippen LogP contribution in [-0.4, -0.2) is 28.0 Å². The number of benzene rings is 1. The Morgan fingerprint density at radius 1 is 1.20 bits per heavy atom. The normalized spacial score (nSPS) is 13.1. The van der Waals surface area contributed by atoms with Crippen molar-refractivity contribution in [3.63, 3.8) is 0 Å². The highest BCUT2D eigenvalue weighted by atomic mass is 16.5. The van der Waals surface area contributed by atoms with Gasteiger partial charge in [0.1, 0.15) is 6.10 Å². The first-order valence-corrected chi connectivity index (χ1v) is 6.95. The number of rotatable bonds is 5. The lowest BCUT2D eigenvalue weighted by Crippen LogP contribution is -2.23. The summed E-state index contributed by atoms with van der Waals surface area (Å²) in [7, 11) is 1.56. The fourth-order valence-electron chi connectivity index (χ4n) is 2.70. The van der Waals surface area contributed by atoms with Crippen LogP contribution in [0.15, 0.2) is 16.9 Å². The second-order valence-corrected chi connectivity index (χ2v) is 4.94. The molecular weight excluding hydrogens is 256 g/mol. The largest absolute Gasteiger partial charge is 0.386 e. The molecule has 5 heteroatoms. The van der Waals surface area contributed by atoms with Crippen LogP contribution in [0, 0.1) is 6.92 Å². The van der Waals surface area contributed by atoms with Crippen molar-refractivity contribution in [3.8, 4) is 0 Å². The minimum Gasteiger partial charge on any atom is -0.386 e. The molecule has 1 unspecified atom stereocenters. The quantitative estimate of drug-likeness (QED) is 0.908. The third-order valence-corrected chi connectivity index (χ3v) is 3.72. The summed E-state index contributed by atoms with van der Waals surface area (Å²) in [6.45, 7) is 7.36.